The van der Waals surface area contributed by atoms with Crippen LogP contribution in [-0.4, -0.2) is 5.54 Å². The molecular weight excluding hydrogens is 158 g/mol. The van der Waals surface area contributed by atoms with Crippen molar-refractivity contribution in [1.82, 2.24) is 0 Å². The van der Waals surface area contributed by atoms with Crippen LogP contribution < -0.4 is 5.73 Å². The van der Waals surface area contributed by atoms with Crippen molar-refractivity contribution in [3.63, 3.8) is 0 Å². The first-order valence-corrected chi connectivity index (χ1v) is 5.87. The standard InChI is InChI=1S/C12H23N/c1-10(2)9-11(5-3-4-6-11)12(13)7-8-12/h10H,3-9,13H2,1-2H3. The number of hydrogen-bond donors (Lipinski definition) is 1. The van der Waals surface area contributed by atoms with Gasteiger partial charge in [-0.3, -0.25) is 0 Å². The zero-order chi connectivity index (χ0) is 9.53. The number of rotatable bonds is 3. The first-order chi connectivity index (χ1) is 6.08. The lowest BCUT2D eigenvalue weighted by Crippen LogP contribution is -2.43. The molecule has 2 saturated carbocycles. The molecule has 13 heavy (non-hydrogen) atoms. The normalized spacial score (nSPS) is 29.5. The zero-order valence-electron chi connectivity index (χ0n) is 9.10. The number of nitrogens with two attached hydrogens (primary N) is 1. The molecule has 2 aliphatic carbocycles. The third-order valence-electron chi connectivity index (χ3n) is 4.20. The Balaban J connectivity index is 2.11. The Labute approximate surface area is 82.1 Å². The Kier molecular flexibility index (Phi) is 2.18. The SMILES string of the molecule is CC(C)CC1(C2(N)CC2)CCCC1. The Bertz CT molecular complexity index is 185. The van der Waals surface area contributed by atoms with Crippen LogP contribution in [0.25, 0.3) is 0 Å². The molecule has 0 aromatic rings. The molecule has 0 spiro atoms. The summed E-state index contributed by atoms with van der Waals surface area (Å²) < 4.78 is 0. The van der Waals surface area contributed by atoms with Gasteiger partial charge in [0.25, 0.3) is 0 Å². The lowest BCUT2D eigenvalue weighted by atomic mass is 9.71. The molecule has 0 atom stereocenters. The highest BCUT2D eigenvalue weighted by molar-refractivity contribution is 5.13. The minimum Gasteiger partial charge on any atom is -0.325 e. The van der Waals surface area contributed by atoms with Gasteiger partial charge in [-0.25, -0.2) is 0 Å². The molecule has 0 radical (unpaired) electrons. The monoisotopic (exact) mass is 181 g/mol. The molecule has 1 heteroatoms. The average molecular weight is 181 g/mol. The smallest absolute Gasteiger partial charge is 0.0212 e. The summed E-state index contributed by atoms with van der Waals surface area (Å²) in [6, 6.07) is 0. The maximum Gasteiger partial charge on any atom is 0.0212 e. The first kappa shape index (κ1) is 9.51. The van der Waals surface area contributed by atoms with Crippen LogP contribution in [0.5, 0.6) is 0 Å². The molecule has 0 aliphatic heterocycles. The van der Waals surface area contributed by atoms with Crippen LogP contribution in [0.4, 0.5) is 0 Å². The van der Waals surface area contributed by atoms with Gasteiger partial charge in [-0.15, -0.1) is 0 Å². The van der Waals surface area contributed by atoms with Crippen molar-refractivity contribution < 1.29 is 0 Å². The summed E-state index contributed by atoms with van der Waals surface area (Å²) >= 11 is 0. The van der Waals surface area contributed by atoms with Gasteiger partial charge in [0.05, 0.1) is 0 Å². The van der Waals surface area contributed by atoms with E-state index in [4.69, 9.17) is 5.73 Å². The molecule has 0 saturated heterocycles. The molecule has 0 aromatic heterocycles. The van der Waals surface area contributed by atoms with E-state index in [2.05, 4.69) is 13.8 Å². The largest absolute Gasteiger partial charge is 0.325 e. The lowest BCUT2D eigenvalue weighted by molar-refractivity contribution is 0.167. The molecular formula is C12H23N. The van der Waals surface area contributed by atoms with E-state index in [0.29, 0.717) is 5.41 Å². The molecule has 0 bridgehead atoms. The van der Waals surface area contributed by atoms with Crippen LogP contribution in [0.1, 0.15) is 58.8 Å². The third-order valence-corrected chi connectivity index (χ3v) is 4.20. The predicted molar refractivity (Wildman–Crippen MR) is 56.5 cm³/mol. The summed E-state index contributed by atoms with van der Waals surface area (Å²) in [4.78, 5) is 0. The molecule has 0 unspecified atom stereocenters. The van der Waals surface area contributed by atoms with Gasteiger partial charge in [-0.05, 0) is 43.4 Å². The van der Waals surface area contributed by atoms with Crippen molar-refractivity contribution >= 4 is 0 Å². The van der Waals surface area contributed by atoms with Crippen LogP contribution in [0.15, 0.2) is 0 Å². The summed E-state index contributed by atoms with van der Waals surface area (Å²) in [5.74, 6) is 0.819. The fourth-order valence-corrected chi connectivity index (χ4v) is 3.40. The van der Waals surface area contributed by atoms with Crippen molar-refractivity contribution in [1.29, 1.82) is 0 Å². The summed E-state index contributed by atoms with van der Waals surface area (Å²) in [6.45, 7) is 4.68. The van der Waals surface area contributed by atoms with Crippen LogP contribution in [0.2, 0.25) is 0 Å². The average Bonchev–Trinajstić information content (AvgIpc) is 2.64. The van der Waals surface area contributed by atoms with E-state index in [1.54, 1.807) is 0 Å². The van der Waals surface area contributed by atoms with E-state index >= 15 is 0 Å². The van der Waals surface area contributed by atoms with E-state index in [-0.39, 0.29) is 5.54 Å². The molecule has 76 valence electrons. The van der Waals surface area contributed by atoms with Crippen LogP contribution in [0.3, 0.4) is 0 Å². The lowest BCUT2D eigenvalue weighted by Gasteiger charge is -2.37. The third kappa shape index (κ3) is 1.52. The first-order valence-electron chi connectivity index (χ1n) is 5.87. The maximum atomic E-state index is 6.44. The van der Waals surface area contributed by atoms with Gasteiger partial charge in [-0.1, -0.05) is 26.7 Å². The van der Waals surface area contributed by atoms with Crippen molar-refractivity contribution in [2.24, 2.45) is 17.1 Å². The van der Waals surface area contributed by atoms with Crippen LogP contribution in [-0.2, 0) is 0 Å². The summed E-state index contributed by atoms with van der Waals surface area (Å²) in [7, 11) is 0. The maximum absolute atomic E-state index is 6.44. The molecule has 0 heterocycles. The van der Waals surface area contributed by atoms with E-state index in [9.17, 15) is 0 Å². The predicted octanol–water partition coefficient (Wildman–Crippen LogP) is 3.08. The van der Waals surface area contributed by atoms with Gasteiger partial charge >= 0.3 is 0 Å². The van der Waals surface area contributed by atoms with Crippen molar-refractivity contribution in [2.45, 2.75) is 64.3 Å². The van der Waals surface area contributed by atoms with Gasteiger partial charge in [0.1, 0.15) is 0 Å². The molecule has 0 aromatic carbocycles. The van der Waals surface area contributed by atoms with E-state index in [0.717, 1.165) is 5.92 Å². The van der Waals surface area contributed by atoms with Gasteiger partial charge in [0.15, 0.2) is 0 Å². The highest BCUT2D eigenvalue weighted by Crippen LogP contribution is 2.59. The minimum atomic E-state index is 0.258. The van der Waals surface area contributed by atoms with E-state index in [1.165, 1.54) is 44.9 Å². The molecule has 2 N–H and O–H groups in total. The summed E-state index contributed by atoms with van der Waals surface area (Å²) in [5, 5.41) is 0. The summed E-state index contributed by atoms with van der Waals surface area (Å²) in [6.07, 6.45) is 9.60. The topological polar surface area (TPSA) is 26.0 Å². The fourth-order valence-electron chi connectivity index (χ4n) is 3.40. The fraction of sp³-hybridized carbons (Fsp3) is 1.00. The number of hydrogen-bond acceptors (Lipinski definition) is 1. The van der Waals surface area contributed by atoms with E-state index < -0.39 is 0 Å². The van der Waals surface area contributed by atoms with Gasteiger partial charge in [0.2, 0.25) is 0 Å². The molecule has 2 rings (SSSR count). The Morgan fingerprint density at radius 3 is 2.00 bits per heavy atom. The highest BCUT2D eigenvalue weighted by Gasteiger charge is 2.56. The second-order valence-electron chi connectivity index (χ2n) is 5.74. The molecule has 1 nitrogen and oxygen atoms in total. The Morgan fingerprint density at radius 2 is 1.62 bits per heavy atom. The molecule has 0 amide bonds. The quantitative estimate of drug-likeness (QED) is 0.711. The van der Waals surface area contributed by atoms with Crippen LogP contribution >= 0.6 is 0 Å². The van der Waals surface area contributed by atoms with Crippen molar-refractivity contribution in [3.05, 3.63) is 0 Å². The van der Waals surface area contributed by atoms with E-state index in [1.807, 2.05) is 0 Å². The Hall–Kier alpha value is -0.0400. The second-order valence-corrected chi connectivity index (χ2v) is 5.74. The van der Waals surface area contributed by atoms with Crippen molar-refractivity contribution in [3.8, 4) is 0 Å². The minimum absolute atomic E-state index is 0.258. The highest BCUT2D eigenvalue weighted by atomic mass is 14.9. The van der Waals surface area contributed by atoms with Crippen LogP contribution in [0, 0.1) is 11.3 Å². The Morgan fingerprint density at radius 1 is 1.08 bits per heavy atom. The molecule has 2 aliphatic rings. The van der Waals surface area contributed by atoms with Gasteiger partial charge in [-0.2, -0.15) is 0 Å². The molecule has 2 fully saturated rings. The van der Waals surface area contributed by atoms with Crippen molar-refractivity contribution in [2.75, 3.05) is 0 Å². The summed E-state index contributed by atoms with van der Waals surface area (Å²) in [5.41, 5.74) is 7.24. The zero-order valence-corrected chi connectivity index (χ0v) is 9.10. The second kappa shape index (κ2) is 2.98. The van der Waals surface area contributed by atoms with Gasteiger partial charge < -0.3 is 5.73 Å². The van der Waals surface area contributed by atoms with Gasteiger partial charge in [0, 0.05) is 5.54 Å².